The Kier molecular flexibility index (Phi) is 6.29. The third-order valence-electron chi connectivity index (χ3n) is 2.28. The number of rotatable bonds is 2. The van der Waals surface area contributed by atoms with Gasteiger partial charge >= 0.3 is 35.5 Å². The van der Waals surface area contributed by atoms with Gasteiger partial charge in [0.05, 0.1) is 5.56 Å². The van der Waals surface area contributed by atoms with E-state index >= 15 is 0 Å². The van der Waals surface area contributed by atoms with Crippen molar-refractivity contribution in [2.45, 2.75) is 0 Å². The Bertz CT molecular complexity index is 492. The first kappa shape index (κ1) is 15.4. The Hall–Kier alpha value is -1.62. The van der Waals surface area contributed by atoms with Crippen molar-refractivity contribution in [3.05, 3.63) is 71.8 Å². The molecule has 0 aliphatic carbocycles. The molecule has 0 atom stereocenters. The number of nitrogens with one attached hydrogen (secondary N) is 1. The number of benzene rings is 2. The second-order valence-corrected chi connectivity index (χ2v) is 3.55. The second-order valence-electron chi connectivity index (χ2n) is 3.55. The van der Waals surface area contributed by atoms with Gasteiger partial charge in [-0.15, -0.1) is 0 Å². The van der Waals surface area contributed by atoms with Crippen molar-refractivity contribution in [2.75, 3.05) is 0 Å². The van der Waals surface area contributed by atoms with Crippen molar-refractivity contribution in [1.29, 1.82) is 0 Å². The zero-order valence-corrected chi connectivity index (χ0v) is 9.50. The van der Waals surface area contributed by atoms with Crippen molar-refractivity contribution in [1.82, 2.24) is 5.48 Å². The molecule has 0 fully saturated rings. The molecule has 4 nitrogen and oxygen atoms in total. The van der Waals surface area contributed by atoms with Crippen molar-refractivity contribution in [3.8, 4) is 0 Å². The summed E-state index contributed by atoms with van der Waals surface area (Å²) >= 11 is 0. The van der Waals surface area contributed by atoms with E-state index in [1.54, 1.807) is 60.7 Å². The van der Waals surface area contributed by atoms with Gasteiger partial charge < -0.3 is 4.84 Å². The van der Waals surface area contributed by atoms with E-state index in [1.807, 2.05) is 0 Å². The first-order chi connectivity index (χ1) is 8.77. The van der Waals surface area contributed by atoms with Gasteiger partial charge in [0.25, 0.3) is 5.91 Å². The van der Waals surface area contributed by atoms with Gasteiger partial charge in [-0.2, -0.15) is 5.48 Å². The Morgan fingerprint density at radius 3 is 1.79 bits per heavy atom. The van der Waals surface area contributed by atoms with E-state index in [2.05, 4.69) is 5.48 Å². The van der Waals surface area contributed by atoms with E-state index in [0.717, 1.165) is 0 Å². The van der Waals surface area contributed by atoms with Crippen LogP contribution in [0.15, 0.2) is 60.7 Å². The van der Waals surface area contributed by atoms with Crippen molar-refractivity contribution < 1.29 is 14.4 Å². The standard InChI is InChI=1S/C14H11NO3.Na.H/c16-13(11-7-3-1-4-8-11)15-18-14(17)12-9-5-2-6-10-12;;/h1-10H,(H,15,16);;. The summed E-state index contributed by atoms with van der Waals surface area (Å²) in [4.78, 5) is 27.8. The Morgan fingerprint density at radius 2 is 1.26 bits per heavy atom. The van der Waals surface area contributed by atoms with Crippen LogP contribution < -0.4 is 5.48 Å². The third-order valence-corrected chi connectivity index (χ3v) is 2.28. The van der Waals surface area contributed by atoms with Crippen molar-refractivity contribution in [3.63, 3.8) is 0 Å². The zero-order chi connectivity index (χ0) is 12.8. The molecule has 0 heterocycles. The van der Waals surface area contributed by atoms with Crippen LogP contribution in [0.4, 0.5) is 0 Å². The summed E-state index contributed by atoms with van der Waals surface area (Å²) in [7, 11) is 0. The van der Waals surface area contributed by atoms with Crippen LogP contribution in [0.5, 0.6) is 0 Å². The van der Waals surface area contributed by atoms with E-state index in [1.165, 1.54) is 0 Å². The first-order valence-electron chi connectivity index (χ1n) is 5.39. The summed E-state index contributed by atoms with van der Waals surface area (Å²) < 4.78 is 0. The van der Waals surface area contributed by atoms with Crippen molar-refractivity contribution >= 4 is 41.4 Å². The van der Waals surface area contributed by atoms with Gasteiger partial charge in [0.2, 0.25) is 0 Å². The minimum absolute atomic E-state index is 0. The Labute approximate surface area is 133 Å². The Balaban J connectivity index is 0.00000180. The second kappa shape index (κ2) is 7.74. The third kappa shape index (κ3) is 4.52. The molecule has 0 radical (unpaired) electrons. The molecule has 0 saturated heterocycles. The molecular weight excluding hydrogens is 253 g/mol. The fourth-order valence-corrected chi connectivity index (χ4v) is 1.37. The van der Waals surface area contributed by atoms with E-state index in [-0.39, 0.29) is 29.6 Å². The maximum atomic E-state index is 11.6. The van der Waals surface area contributed by atoms with Gasteiger partial charge in [-0.25, -0.2) is 4.79 Å². The predicted molar refractivity (Wildman–Crippen MR) is 72.9 cm³/mol. The molecular formula is C14H12NNaO3. The van der Waals surface area contributed by atoms with Gasteiger partial charge in [-0.3, -0.25) is 4.79 Å². The van der Waals surface area contributed by atoms with Crippen LogP contribution >= 0.6 is 0 Å². The fraction of sp³-hybridized carbons (Fsp3) is 0. The molecule has 0 saturated carbocycles. The number of carbonyl (C=O) groups is 2. The molecule has 0 aliphatic rings. The predicted octanol–water partition coefficient (Wildman–Crippen LogP) is 1.54. The zero-order valence-electron chi connectivity index (χ0n) is 9.50. The molecule has 19 heavy (non-hydrogen) atoms. The number of hydroxylamine groups is 1. The van der Waals surface area contributed by atoms with Crippen molar-refractivity contribution in [2.24, 2.45) is 0 Å². The van der Waals surface area contributed by atoms with Gasteiger partial charge in [-0.05, 0) is 24.3 Å². The van der Waals surface area contributed by atoms with Gasteiger partial charge in [0, 0.05) is 5.56 Å². The minimum atomic E-state index is -0.597. The molecule has 0 unspecified atom stereocenters. The summed E-state index contributed by atoms with van der Waals surface area (Å²) in [5, 5.41) is 0. The average Bonchev–Trinajstić information content (AvgIpc) is 2.46. The van der Waals surface area contributed by atoms with E-state index < -0.39 is 11.9 Å². The normalized spacial score (nSPS) is 9.05. The quantitative estimate of drug-likeness (QED) is 0.662. The number of hydrogen-bond acceptors (Lipinski definition) is 3. The topological polar surface area (TPSA) is 55.4 Å². The van der Waals surface area contributed by atoms with E-state index in [4.69, 9.17) is 4.84 Å². The van der Waals surface area contributed by atoms with E-state index in [9.17, 15) is 9.59 Å². The fourth-order valence-electron chi connectivity index (χ4n) is 1.37. The molecule has 1 amide bonds. The van der Waals surface area contributed by atoms with Crippen LogP contribution in [0, 0.1) is 0 Å². The molecule has 2 aromatic carbocycles. The summed E-state index contributed by atoms with van der Waals surface area (Å²) in [5.74, 6) is -1.06. The SMILES string of the molecule is O=C(NOC(=O)c1ccccc1)c1ccccc1.[NaH]. The van der Waals surface area contributed by atoms with Gasteiger partial charge in [0.15, 0.2) is 0 Å². The van der Waals surface area contributed by atoms with Crippen LogP contribution in [0.1, 0.15) is 20.7 Å². The first-order valence-corrected chi connectivity index (χ1v) is 5.39. The van der Waals surface area contributed by atoms with E-state index in [0.29, 0.717) is 11.1 Å². The molecule has 0 aromatic heterocycles. The van der Waals surface area contributed by atoms with Gasteiger partial charge in [0.1, 0.15) is 0 Å². The molecule has 2 aromatic rings. The monoisotopic (exact) mass is 265 g/mol. The van der Waals surface area contributed by atoms with Crippen LogP contribution in [-0.4, -0.2) is 41.4 Å². The number of amides is 1. The maximum absolute atomic E-state index is 11.6. The number of hydrogen-bond donors (Lipinski definition) is 1. The molecule has 0 bridgehead atoms. The van der Waals surface area contributed by atoms with Gasteiger partial charge in [-0.1, -0.05) is 36.4 Å². The molecule has 0 spiro atoms. The van der Waals surface area contributed by atoms with Crippen LogP contribution in [0.2, 0.25) is 0 Å². The summed E-state index contributed by atoms with van der Waals surface area (Å²) in [6, 6.07) is 17.0. The molecule has 1 N–H and O–H groups in total. The van der Waals surface area contributed by atoms with Crippen LogP contribution in [0.3, 0.4) is 0 Å². The molecule has 0 aliphatic heterocycles. The summed E-state index contributed by atoms with van der Waals surface area (Å²) in [6.45, 7) is 0. The summed E-state index contributed by atoms with van der Waals surface area (Å²) in [6.07, 6.45) is 0. The van der Waals surface area contributed by atoms with Crippen LogP contribution in [-0.2, 0) is 4.84 Å². The molecule has 5 heteroatoms. The number of carbonyl (C=O) groups excluding carboxylic acids is 2. The van der Waals surface area contributed by atoms with Crippen LogP contribution in [0.25, 0.3) is 0 Å². The summed E-state index contributed by atoms with van der Waals surface area (Å²) in [5.41, 5.74) is 2.92. The molecule has 92 valence electrons. The Morgan fingerprint density at radius 1 is 0.789 bits per heavy atom. The molecule has 2 rings (SSSR count). The average molecular weight is 265 g/mol.